The van der Waals surface area contributed by atoms with Crippen LogP contribution in [0.3, 0.4) is 0 Å². The van der Waals surface area contributed by atoms with Crippen molar-refractivity contribution in [2.75, 3.05) is 25.1 Å². The van der Waals surface area contributed by atoms with E-state index in [4.69, 9.17) is 4.74 Å². The van der Waals surface area contributed by atoms with Crippen molar-refractivity contribution in [3.8, 4) is 5.75 Å². The lowest BCUT2D eigenvalue weighted by atomic mass is 10.1. The number of nitrogens with one attached hydrogen (secondary N) is 1. The van der Waals surface area contributed by atoms with Gasteiger partial charge in [0.15, 0.2) is 5.16 Å². The van der Waals surface area contributed by atoms with E-state index in [0.717, 1.165) is 5.56 Å². The van der Waals surface area contributed by atoms with Crippen LogP contribution in [0.4, 0.5) is 10.1 Å². The summed E-state index contributed by atoms with van der Waals surface area (Å²) in [4.78, 5) is 24.3. The fourth-order valence-electron chi connectivity index (χ4n) is 3.68. The maximum absolute atomic E-state index is 14.7. The SMILES string of the molecule is COc1ccnc(CS(=O)c2nc3cc(N4CCC(N=O)CC4)c(F)cc3[nH]2)c1C. The quantitative estimate of drug-likeness (QED) is 0.600. The molecule has 1 aromatic carbocycles. The number of ether oxygens (including phenoxy) is 1. The average Bonchev–Trinajstić information content (AvgIpc) is 3.17. The molecule has 3 aromatic rings. The van der Waals surface area contributed by atoms with Crippen molar-refractivity contribution in [1.82, 2.24) is 15.0 Å². The van der Waals surface area contributed by atoms with Gasteiger partial charge in [0.25, 0.3) is 0 Å². The van der Waals surface area contributed by atoms with Crippen molar-refractivity contribution in [3.05, 3.63) is 46.4 Å². The summed E-state index contributed by atoms with van der Waals surface area (Å²) >= 11 is 0. The Morgan fingerprint density at radius 2 is 2.13 bits per heavy atom. The van der Waals surface area contributed by atoms with Crippen molar-refractivity contribution < 1.29 is 13.3 Å². The number of fused-ring (bicyclic) bond motifs is 1. The highest BCUT2D eigenvalue weighted by Crippen LogP contribution is 2.29. The zero-order chi connectivity index (χ0) is 21.3. The second kappa shape index (κ2) is 8.47. The van der Waals surface area contributed by atoms with Gasteiger partial charge in [-0.05, 0) is 31.9 Å². The fraction of sp³-hybridized carbons (Fsp3) is 0.400. The molecule has 0 radical (unpaired) electrons. The molecule has 0 spiro atoms. The number of aromatic amines is 1. The molecule has 0 aliphatic carbocycles. The Hall–Kier alpha value is -2.88. The van der Waals surface area contributed by atoms with Crippen LogP contribution in [-0.4, -0.2) is 45.4 Å². The minimum atomic E-state index is -1.48. The van der Waals surface area contributed by atoms with Gasteiger partial charge in [-0.25, -0.2) is 9.37 Å². The van der Waals surface area contributed by atoms with E-state index >= 15 is 0 Å². The number of rotatable bonds is 6. The van der Waals surface area contributed by atoms with Crippen LogP contribution < -0.4 is 9.64 Å². The third kappa shape index (κ3) is 3.91. The number of methoxy groups -OCH3 is 1. The molecule has 1 aliphatic heterocycles. The van der Waals surface area contributed by atoms with E-state index in [2.05, 4.69) is 20.1 Å². The van der Waals surface area contributed by atoms with Gasteiger partial charge in [0.05, 0.1) is 52.1 Å². The molecule has 158 valence electrons. The zero-order valence-corrected chi connectivity index (χ0v) is 17.5. The fourth-order valence-corrected chi connectivity index (χ4v) is 4.78. The average molecular weight is 431 g/mol. The summed E-state index contributed by atoms with van der Waals surface area (Å²) in [7, 11) is 0.0964. The molecule has 1 atom stereocenters. The first-order valence-electron chi connectivity index (χ1n) is 9.63. The highest BCUT2D eigenvalue weighted by atomic mass is 32.2. The third-order valence-corrected chi connectivity index (χ3v) is 6.61. The molecule has 10 heteroatoms. The van der Waals surface area contributed by atoms with Gasteiger partial charge in [-0.3, -0.25) is 9.19 Å². The number of halogens is 1. The monoisotopic (exact) mass is 431 g/mol. The molecule has 2 aromatic heterocycles. The molecule has 1 fully saturated rings. The number of H-pyrrole nitrogens is 1. The van der Waals surface area contributed by atoms with Crippen LogP contribution in [0.2, 0.25) is 0 Å². The van der Waals surface area contributed by atoms with E-state index in [-0.39, 0.29) is 22.8 Å². The predicted molar refractivity (Wildman–Crippen MR) is 113 cm³/mol. The molecule has 4 rings (SSSR count). The largest absolute Gasteiger partial charge is 0.496 e. The predicted octanol–water partition coefficient (Wildman–Crippen LogP) is 3.46. The number of hydrogen-bond donors (Lipinski definition) is 1. The van der Waals surface area contributed by atoms with Crippen LogP contribution in [-0.2, 0) is 16.6 Å². The van der Waals surface area contributed by atoms with Crippen LogP contribution in [0.5, 0.6) is 5.75 Å². The number of nitrogens with zero attached hydrogens (tertiary/aromatic N) is 4. The molecule has 1 N–H and O–H groups in total. The molecule has 8 nitrogen and oxygen atoms in total. The number of imidazole rings is 1. The second-order valence-corrected chi connectivity index (χ2v) is 8.63. The second-order valence-electron chi connectivity index (χ2n) is 7.26. The molecule has 0 bridgehead atoms. The molecule has 3 heterocycles. The maximum atomic E-state index is 14.7. The number of nitroso groups, excluding NO2 is 1. The van der Waals surface area contributed by atoms with Gasteiger partial charge in [0.1, 0.15) is 11.6 Å². The maximum Gasteiger partial charge on any atom is 0.197 e. The number of piperidine rings is 1. The molecule has 0 saturated carbocycles. The number of anilines is 1. The number of aromatic nitrogens is 3. The van der Waals surface area contributed by atoms with Gasteiger partial charge < -0.3 is 14.6 Å². The first-order chi connectivity index (χ1) is 14.5. The number of benzene rings is 1. The van der Waals surface area contributed by atoms with E-state index in [1.807, 2.05) is 11.8 Å². The third-order valence-electron chi connectivity index (χ3n) is 5.45. The Bertz CT molecular complexity index is 1110. The molecule has 0 amide bonds. The molecule has 1 unspecified atom stereocenters. The highest BCUT2D eigenvalue weighted by molar-refractivity contribution is 7.84. The molecule has 30 heavy (non-hydrogen) atoms. The number of hydrogen-bond acceptors (Lipinski definition) is 7. The lowest BCUT2D eigenvalue weighted by molar-refractivity contribution is 0.410. The summed E-state index contributed by atoms with van der Waals surface area (Å²) in [6.45, 7) is 2.98. The summed E-state index contributed by atoms with van der Waals surface area (Å²) in [6.07, 6.45) is 2.81. The lowest BCUT2D eigenvalue weighted by Gasteiger charge is -2.31. The summed E-state index contributed by atoms with van der Waals surface area (Å²) < 4.78 is 32.9. The Labute approximate surface area is 175 Å². The van der Waals surface area contributed by atoms with E-state index in [9.17, 15) is 13.5 Å². The van der Waals surface area contributed by atoms with Crippen LogP contribution >= 0.6 is 0 Å². The normalized spacial score (nSPS) is 16.0. The van der Waals surface area contributed by atoms with Crippen LogP contribution in [0.1, 0.15) is 24.1 Å². The standard InChI is InChI=1S/C20H22FN5O3S/c1-12-17(22-6-3-19(12)29-2)11-30(28)20-23-15-9-14(21)18(10-16(15)24-20)26-7-4-13(25-27)5-8-26/h3,6,9-10,13H,4-5,7-8,11H2,1-2H3,(H,23,24). The van der Waals surface area contributed by atoms with E-state index in [1.165, 1.54) is 6.07 Å². The molecule has 1 aliphatic rings. The van der Waals surface area contributed by atoms with Crippen molar-refractivity contribution in [1.29, 1.82) is 0 Å². The molecular formula is C20H22FN5O3S. The van der Waals surface area contributed by atoms with Crippen molar-refractivity contribution in [2.45, 2.75) is 36.7 Å². The van der Waals surface area contributed by atoms with Gasteiger partial charge in [-0.15, -0.1) is 0 Å². The highest BCUT2D eigenvalue weighted by Gasteiger charge is 2.23. The van der Waals surface area contributed by atoms with Crippen molar-refractivity contribution in [3.63, 3.8) is 0 Å². The molecular weight excluding hydrogens is 409 g/mol. The van der Waals surface area contributed by atoms with E-state index in [0.29, 0.717) is 54.1 Å². The first-order valence-corrected chi connectivity index (χ1v) is 11.0. The van der Waals surface area contributed by atoms with Gasteiger partial charge in [0.2, 0.25) is 0 Å². The number of pyridine rings is 1. The Kier molecular flexibility index (Phi) is 5.76. The smallest absolute Gasteiger partial charge is 0.197 e. The molecule has 1 saturated heterocycles. The summed E-state index contributed by atoms with van der Waals surface area (Å²) in [5.41, 5.74) is 2.94. The van der Waals surface area contributed by atoms with Crippen molar-refractivity contribution >= 4 is 27.5 Å². The van der Waals surface area contributed by atoms with E-state index in [1.54, 1.807) is 25.4 Å². The summed E-state index contributed by atoms with van der Waals surface area (Å²) in [5.74, 6) is 0.470. The van der Waals surface area contributed by atoms with Gasteiger partial charge in [-0.1, -0.05) is 5.18 Å². The van der Waals surface area contributed by atoms with Crippen LogP contribution in [0.15, 0.2) is 34.7 Å². The Balaban J connectivity index is 1.58. The summed E-state index contributed by atoms with van der Waals surface area (Å²) in [5, 5.41) is 3.36. The topological polar surface area (TPSA) is 101 Å². The lowest BCUT2D eigenvalue weighted by Crippen LogP contribution is -2.35. The first kappa shape index (κ1) is 20.4. The van der Waals surface area contributed by atoms with E-state index < -0.39 is 10.8 Å². The van der Waals surface area contributed by atoms with Gasteiger partial charge in [0, 0.05) is 30.9 Å². The van der Waals surface area contributed by atoms with Gasteiger partial charge in [-0.2, -0.15) is 4.91 Å². The van der Waals surface area contributed by atoms with Gasteiger partial charge >= 0.3 is 0 Å². The Morgan fingerprint density at radius 1 is 1.37 bits per heavy atom. The van der Waals surface area contributed by atoms with Crippen LogP contribution in [0, 0.1) is 17.6 Å². The van der Waals surface area contributed by atoms with Crippen LogP contribution in [0.25, 0.3) is 11.0 Å². The minimum absolute atomic E-state index is 0.171. The minimum Gasteiger partial charge on any atom is -0.496 e. The summed E-state index contributed by atoms with van der Waals surface area (Å²) in [6, 6.07) is 4.57. The Morgan fingerprint density at radius 3 is 2.83 bits per heavy atom. The van der Waals surface area contributed by atoms with Crippen molar-refractivity contribution in [2.24, 2.45) is 5.18 Å². The zero-order valence-electron chi connectivity index (χ0n) is 16.7.